The van der Waals surface area contributed by atoms with Crippen LogP contribution in [0, 0.1) is 0 Å². The van der Waals surface area contributed by atoms with Gasteiger partial charge in [-0.25, -0.2) is 0 Å². The average Bonchev–Trinajstić information content (AvgIpc) is 2.06. The molecule has 3 heteroatoms. The van der Waals surface area contributed by atoms with Gasteiger partial charge in [-0.1, -0.05) is 6.07 Å². The first-order valence-electron chi connectivity index (χ1n) is 3.70. The SMILES string of the molecule is OC1CNCc2cccnc21. The fraction of sp³-hybridized carbons (Fsp3) is 0.375. The number of nitrogens with zero attached hydrogens (tertiary/aromatic N) is 1. The first-order chi connectivity index (χ1) is 5.38. The standard InChI is InChI=1S/C8H10N2O/c11-7-5-9-4-6-2-1-3-10-8(6)7/h1-3,7,9,11H,4-5H2. The summed E-state index contributed by atoms with van der Waals surface area (Å²) in [6, 6.07) is 3.87. The molecule has 1 aromatic rings. The van der Waals surface area contributed by atoms with Crippen LogP contribution in [0.4, 0.5) is 0 Å². The van der Waals surface area contributed by atoms with Gasteiger partial charge in [-0.3, -0.25) is 4.98 Å². The summed E-state index contributed by atoms with van der Waals surface area (Å²) in [5, 5.41) is 12.5. The van der Waals surface area contributed by atoms with Crippen LogP contribution in [-0.4, -0.2) is 16.6 Å². The molecule has 2 N–H and O–H groups in total. The molecule has 0 saturated carbocycles. The highest BCUT2D eigenvalue weighted by atomic mass is 16.3. The largest absolute Gasteiger partial charge is 0.385 e. The van der Waals surface area contributed by atoms with Crippen LogP contribution in [0.1, 0.15) is 17.4 Å². The van der Waals surface area contributed by atoms with E-state index in [0.29, 0.717) is 6.54 Å². The third-order valence-electron chi connectivity index (χ3n) is 1.89. The van der Waals surface area contributed by atoms with E-state index in [1.54, 1.807) is 6.20 Å². The Morgan fingerprint density at radius 2 is 2.55 bits per heavy atom. The van der Waals surface area contributed by atoms with Gasteiger partial charge in [-0.05, 0) is 11.6 Å². The van der Waals surface area contributed by atoms with Crippen molar-refractivity contribution < 1.29 is 5.11 Å². The first kappa shape index (κ1) is 6.76. The van der Waals surface area contributed by atoms with Crippen molar-refractivity contribution in [1.29, 1.82) is 0 Å². The summed E-state index contributed by atoms with van der Waals surface area (Å²) in [5.41, 5.74) is 1.93. The van der Waals surface area contributed by atoms with Gasteiger partial charge in [-0.2, -0.15) is 0 Å². The fourth-order valence-corrected chi connectivity index (χ4v) is 1.34. The number of nitrogens with one attached hydrogen (secondary N) is 1. The average molecular weight is 150 g/mol. The smallest absolute Gasteiger partial charge is 0.109 e. The molecule has 0 fully saturated rings. The van der Waals surface area contributed by atoms with E-state index < -0.39 is 6.10 Å². The number of hydrogen-bond acceptors (Lipinski definition) is 3. The van der Waals surface area contributed by atoms with Gasteiger partial charge in [-0.15, -0.1) is 0 Å². The topological polar surface area (TPSA) is 45.1 Å². The predicted octanol–water partition coefficient (Wildman–Crippen LogP) is 0.218. The van der Waals surface area contributed by atoms with Crippen LogP contribution in [0.25, 0.3) is 0 Å². The maximum Gasteiger partial charge on any atom is 0.109 e. The molecule has 1 atom stereocenters. The molecule has 1 aromatic heterocycles. The summed E-state index contributed by atoms with van der Waals surface area (Å²) in [5.74, 6) is 0. The zero-order valence-electron chi connectivity index (χ0n) is 6.12. The molecule has 1 aliphatic rings. The Bertz CT molecular complexity index is 262. The molecule has 0 amide bonds. The summed E-state index contributed by atoms with van der Waals surface area (Å²) < 4.78 is 0. The van der Waals surface area contributed by atoms with Crippen LogP contribution in [0.3, 0.4) is 0 Å². The molecule has 2 heterocycles. The Labute approximate surface area is 65.1 Å². The molecule has 1 unspecified atom stereocenters. The molecule has 0 bridgehead atoms. The van der Waals surface area contributed by atoms with Crippen LogP contribution in [0.5, 0.6) is 0 Å². The number of pyridine rings is 1. The van der Waals surface area contributed by atoms with Crippen LogP contribution >= 0.6 is 0 Å². The maximum atomic E-state index is 9.44. The molecule has 0 aromatic carbocycles. The van der Waals surface area contributed by atoms with Gasteiger partial charge < -0.3 is 10.4 Å². The molecule has 0 radical (unpaired) electrons. The van der Waals surface area contributed by atoms with E-state index >= 15 is 0 Å². The van der Waals surface area contributed by atoms with Crippen LogP contribution < -0.4 is 5.32 Å². The van der Waals surface area contributed by atoms with Gasteiger partial charge in [0.05, 0.1) is 5.69 Å². The molecular formula is C8H10N2O. The molecule has 0 saturated heterocycles. The van der Waals surface area contributed by atoms with Gasteiger partial charge in [0.1, 0.15) is 6.10 Å². The number of aliphatic hydroxyl groups excluding tert-OH is 1. The zero-order valence-corrected chi connectivity index (χ0v) is 6.12. The lowest BCUT2D eigenvalue weighted by Gasteiger charge is -2.20. The van der Waals surface area contributed by atoms with Crippen LogP contribution in [0.2, 0.25) is 0 Å². The second kappa shape index (κ2) is 2.60. The van der Waals surface area contributed by atoms with E-state index in [4.69, 9.17) is 0 Å². The van der Waals surface area contributed by atoms with Crippen molar-refractivity contribution in [1.82, 2.24) is 10.3 Å². The highest BCUT2D eigenvalue weighted by Gasteiger charge is 2.17. The third kappa shape index (κ3) is 1.13. The van der Waals surface area contributed by atoms with E-state index in [0.717, 1.165) is 17.8 Å². The number of aromatic nitrogens is 1. The van der Waals surface area contributed by atoms with E-state index in [1.807, 2.05) is 12.1 Å². The normalized spacial score (nSPS) is 22.8. The molecule has 1 aliphatic heterocycles. The molecule has 2 rings (SSSR count). The molecule has 11 heavy (non-hydrogen) atoms. The minimum absolute atomic E-state index is 0.431. The number of hydrogen-bond donors (Lipinski definition) is 2. The van der Waals surface area contributed by atoms with Gasteiger partial charge in [0.25, 0.3) is 0 Å². The van der Waals surface area contributed by atoms with Crippen molar-refractivity contribution in [3.8, 4) is 0 Å². The fourth-order valence-electron chi connectivity index (χ4n) is 1.34. The summed E-state index contributed by atoms with van der Waals surface area (Å²) in [4.78, 5) is 4.11. The number of aliphatic hydroxyl groups is 1. The first-order valence-corrected chi connectivity index (χ1v) is 3.70. The summed E-state index contributed by atoms with van der Waals surface area (Å²) in [6.45, 7) is 1.43. The summed E-state index contributed by atoms with van der Waals surface area (Å²) >= 11 is 0. The Balaban J connectivity index is 2.44. The highest BCUT2D eigenvalue weighted by molar-refractivity contribution is 5.23. The van der Waals surface area contributed by atoms with Crippen molar-refractivity contribution >= 4 is 0 Å². The summed E-state index contributed by atoms with van der Waals surface area (Å²) in [6.07, 6.45) is 1.29. The Morgan fingerprint density at radius 1 is 1.64 bits per heavy atom. The molecule has 0 aliphatic carbocycles. The zero-order chi connectivity index (χ0) is 7.68. The lowest BCUT2D eigenvalue weighted by molar-refractivity contribution is 0.160. The van der Waals surface area contributed by atoms with E-state index in [-0.39, 0.29) is 0 Å². The monoisotopic (exact) mass is 150 g/mol. The van der Waals surface area contributed by atoms with Crippen molar-refractivity contribution in [2.24, 2.45) is 0 Å². The molecule has 3 nitrogen and oxygen atoms in total. The Morgan fingerprint density at radius 3 is 3.36 bits per heavy atom. The van der Waals surface area contributed by atoms with Crippen LogP contribution in [-0.2, 0) is 6.54 Å². The number of fused-ring (bicyclic) bond motifs is 1. The van der Waals surface area contributed by atoms with E-state index in [9.17, 15) is 5.11 Å². The van der Waals surface area contributed by atoms with Crippen molar-refractivity contribution in [3.63, 3.8) is 0 Å². The van der Waals surface area contributed by atoms with Gasteiger partial charge in [0.2, 0.25) is 0 Å². The summed E-state index contributed by atoms with van der Waals surface area (Å²) in [7, 11) is 0. The molecular weight excluding hydrogens is 140 g/mol. The predicted molar refractivity (Wildman–Crippen MR) is 40.9 cm³/mol. The Kier molecular flexibility index (Phi) is 1.60. The van der Waals surface area contributed by atoms with Crippen molar-refractivity contribution in [3.05, 3.63) is 29.6 Å². The van der Waals surface area contributed by atoms with Gasteiger partial charge in [0, 0.05) is 19.3 Å². The number of β-amino-alcohol motifs (C(OH)–C–C–N with tert-alkyl or cyclic N) is 1. The minimum Gasteiger partial charge on any atom is -0.385 e. The maximum absolute atomic E-state index is 9.44. The van der Waals surface area contributed by atoms with E-state index in [2.05, 4.69) is 10.3 Å². The molecule has 0 spiro atoms. The number of rotatable bonds is 0. The quantitative estimate of drug-likeness (QED) is 0.556. The van der Waals surface area contributed by atoms with Crippen molar-refractivity contribution in [2.45, 2.75) is 12.6 Å². The van der Waals surface area contributed by atoms with Crippen LogP contribution in [0.15, 0.2) is 18.3 Å². The lowest BCUT2D eigenvalue weighted by atomic mass is 10.1. The van der Waals surface area contributed by atoms with Crippen molar-refractivity contribution in [2.75, 3.05) is 6.54 Å². The highest BCUT2D eigenvalue weighted by Crippen LogP contribution is 2.17. The third-order valence-corrected chi connectivity index (χ3v) is 1.89. The Hall–Kier alpha value is -0.930. The second-order valence-electron chi connectivity index (χ2n) is 2.69. The molecule has 58 valence electrons. The second-order valence-corrected chi connectivity index (χ2v) is 2.69. The van der Waals surface area contributed by atoms with Gasteiger partial charge >= 0.3 is 0 Å². The van der Waals surface area contributed by atoms with E-state index in [1.165, 1.54) is 0 Å². The minimum atomic E-state index is -0.431. The van der Waals surface area contributed by atoms with Gasteiger partial charge in [0.15, 0.2) is 0 Å². The lowest BCUT2D eigenvalue weighted by Crippen LogP contribution is -2.28.